The number of ether oxygens (including phenoxy) is 10. The Balaban J connectivity index is 1.17. The normalized spacial score (nSPS) is 52.0. The van der Waals surface area contributed by atoms with E-state index in [1.54, 1.807) is 0 Å². The zero-order valence-corrected chi connectivity index (χ0v) is 26.3. The fourth-order valence-electron chi connectivity index (χ4n) is 6.02. The maximum absolute atomic E-state index is 11.7. The van der Waals surface area contributed by atoms with Gasteiger partial charge in [-0.25, -0.2) is 4.79 Å². The summed E-state index contributed by atoms with van der Waals surface area (Å²) in [6.45, 7) is -1.85. The van der Waals surface area contributed by atoms with Crippen LogP contribution in [0.15, 0.2) is 0 Å². The summed E-state index contributed by atoms with van der Waals surface area (Å²) in [5.41, 5.74) is 0. The van der Waals surface area contributed by atoms with E-state index in [9.17, 15) is 66.1 Å². The molecule has 5 heterocycles. The van der Waals surface area contributed by atoms with Gasteiger partial charge in [-0.3, -0.25) is 0 Å². The first-order valence-corrected chi connectivity index (χ1v) is 15.6. The van der Waals surface area contributed by atoms with Crippen LogP contribution in [0, 0.1) is 0 Å². The minimum Gasteiger partial charge on any atom is -0.479 e. The number of hydrogen-bond donors (Lipinski definition) is 12. The fourth-order valence-corrected chi connectivity index (χ4v) is 6.02. The van der Waals surface area contributed by atoms with E-state index in [-0.39, 0.29) is 6.61 Å². The molecule has 0 saturated carbocycles. The van der Waals surface area contributed by atoms with Gasteiger partial charge in [0.2, 0.25) is 0 Å². The molecule has 5 fully saturated rings. The van der Waals surface area contributed by atoms with Crippen molar-refractivity contribution in [1.82, 2.24) is 0 Å². The molecule has 5 aliphatic heterocycles. The first kappa shape index (κ1) is 39.8. The monoisotopic (exact) mass is 736 g/mol. The van der Waals surface area contributed by atoms with Gasteiger partial charge in [0.15, 0.2) is 37.6 Å². The van der Waals surface area contributed by atoms with Crippen molar-refractivity contribution in [2.75, 3.05) is 33.5 Å². The van der Waals surface area contributed by atoms with E-state index in [1.165, 1.54) is 0 Å². The average Bonchev–Trinajstić information content (AvgIpc) is 3.08. The summed E-state index contributed by atoms with van der Waals surface area (Å²) in [6, 6.07) is 0. The molecule has 23 nitrogen and oxygen atoms in total. The second-order valence-electron chi connectivity index (χ2n) is 12.4. The van der Waals surface area contributed by atoms with Crippen LogP contribution < -0.4 is 0 Å². The topological polar surface area (TPSA) is 352 Å². The third-order valence-electron chi connectivity index (χ3n) is 9.03. The van der Waals surface area contributed by atoms with Gasteiger partial charge in [-0.1, -0.05) is 0 Å². The van der Waals surface area contributed by atoms with Crippen molar-refractivity contribution < 1.29 is 113 Å². The van der Waals surface area contributed by atoms with E-state index in [1.807, 2.05) is 0 Å². The van der Waals surface area contributed by atoms with E-state index in [2.05, 4.69) is 0 Å². The highest BCUT2D eigenvalue weighted by atomic mass is 16.8. The van der Waals surface area contributed by atoms with Gasteiger partial charge < -0.3 is 109 Å². The van der Waals surface area contributed by atoms with Crippen molar-refractivity contribution in [1.29, 1.82) is 0 Å². The number of aliphatic hydroxyl groups is 11. The molecular formula is C27H44O23. The van der Waals surface area contributed by atoms with Crippen LogP contribution >= 0.6 is 0 Å². The number of aliphatic carboxylic acids is 1. The standard InChI is InChI=1S/C27H44O23/c1-41-19-14(33)18(37)26(50-21(19)22(38)39)49-20-10(29)6(28)2-43-27(20)48-9-5-45-25(17(36)13(9)32)47-8-4-44-24(16(35)12(8)31)46-7-3-42-23(40)15(34)11(7)30/h6-21,23-37,40H,2-5H2,1H3,(H,38,39)/t6-,7-,8-,9-,10+,11+,12+,13+,14-,15-,16-,17-,18-,19+,20-,21+,23-,24+,25+,26+,27+/m1/s1. The first-order chi connectivity index (χ1) is 23.6. The van der Waals surface area contributed by atoms with Crippen LogP contribution in [0.4, 0.5) is 0 Å². The number of carboxylic acid groups (broad SMARTS) is 1. The molecular weight excluding hydrogens is 692 g/mol. The number of rotatable bonds is 10. The van der Waals surface area contributed by atoms with Gasteiger partial charge in [-0.05, 0) is 0 Å². The van der Waals surface area contributed by atoms with Crippen LogP contribution in [0.1, 0.15) is 0 Å². The maximum atomic E-state index is 11.7. The number of methoxy groups -OCH3 is 1. The zero-order valence-electron chi connectivity index (χ0n) is 26.3. The fraction of sp³-hybridized carbons (Fsp3) is 0.963. The Morgan fingerprint density at radius 1 is 0.500 bits per heavy atom. The lowest BCUT2D eigenvalue weighted by Gasteiger charge is -2.46. The molecule has 0 bridgehead atoms. The molecule has 0 aliphatic carbocycles. The quantitative estimate of drug-likeness (QED) is 0.0990. The number of hydrogen-bond acceptors (Lipinski definition) is 22. The Hall–Kier alpha value is -1.37. The third-order valence-corrected chi connectivity index (χ3v) is 9.03. The van der Waals surface area contributed by atoms with Crippen molar-refractivity contribution in [3.05, 3.63) is 0 Å². The SMILES string of the molecule is CO[C@H]1[C@H](O)[C@@H](O)[C@@H](O[C@H]2[C@H](O[C@@H]3CO[C@@H](O[C@@H]4CO[C@@H](O[C@@H]5CO[C@@H](O)[C@H](O)[C@H]5O)[C@H](O)[C@H]4O)[C@H](O)[C@H]3O)OC[C@@H](O)[C@@H]2O)O[C@@H]1C(=O)O. The van der Waals surface area contributed by atoms with Crippen LogP contribution in [0.2, 0.25) is 0 Å². The predicted octanol–water partition coefficient (Wildman–Crippen LogP) is -8.62. The van der Waals surface area contributed by atoms with Gasteiger partial charge in [-0.15, -0.1) is 0 Å². The summed E-state index contributed by atoms with van der Waals surface area (Å²) in [7, 11) is 1.09. The van der Waals surface area contributed by atoms with Gasteiger partial charge in [0.25, 0.3) is 0 Å². The van der Waals surface area contributed by atoms with Crippen LogP contribution in [0.25, 0.3) is 0 Å². The van der Waals surface area contributed by atoms with Crippen LogP contribution in [0.5, 0.6) is 0 Å². The van der Waals surface area contributed by atoms with E-state index in [0.717, 1.165) is 7.11 Å². The molecule has 0 aromatic heterocycles. The summed E-state index contributed by atoms with van der Waals surface area (Å²) >= 11 is 0. The lowest BCUT2D eigenvalue weighted by atomic mass is 9.98. The Morgan fingerprint density at radius 3 is 1.48 bits per heavy atom. The third kappa shape index (κ3) is 8.23. The second-order valence-corrected chi connectivity index (χ2v) is 12.4. The van der Waals surface area contributed by atoms with Crippen LogP contribution in [0.3, 0.4) is 0 Å². The number of carbonyl (C=O) groups is 1. The molecule has 5 aliphatic rings. The van der Waals surface area contributed by atoms with E-state index < -0.39 is 155 Å². The Kier molecular flexibility index (Phi) is 13.3. The first-order valence-electron chi connectivity index (χ1n) is 15.6. The highest BCUT2D eigenvalue weighted by Crippen LogP contribution is 2.32. The molecule has 0 amide bonds. The van der Waals surface area contributed by atoms with Crippen molar-refractivity contribution in [3.63, 3.8) is 0 Å². The minimum atomic E-state index is -1.90. The van der Waals surface area contributed by atoms with Gasteiger partial charge in [-0.2, -0.15) is 0 Å². The molecule has 0 aromatic carbocycles. The lowest BCUT2D eigenvalue weighted by molar-refractivity contribution is -0.374. The molecule has 5 rings (SSSR count). The Morgan fingerprint density at radius 2 is 0.960 bits per heavy atom. The van der Waals surface area contributed by atoms with E-state index >= 15 is 0 Å². The van der Waals surface area contributed by atoms with E-state index in [0.29, 0.717) is 0 Å². The Labute approximate surface area is 282 Å². The number of carboxylic acids is 1. The average molecular weight is 737 g/mol. The molecule has 50 heavy (non-hydrogen) atoms. The predicted molar refractivity (Wildman–Crippen MR) is 148 cm³/mol. The van der Waals surface area contributed by atoms with Crippen molar-refractivity contribution in [3.8, 4) is 0 Å². The minimum absolute atomic E-state index is 0.372. The summed E-state index contributed by atoms with van der Waals surface area (Å²) in [4.78, 5) is 11.7. The zero-order chi connectivity index (χ0) is 36.6. The largest absolute Gasteiger partial charge is 0.479 e. The smallest absolute Gasteiger partial charge is 0.335 e. The molecule has 0 aromatic rings. The molecule has 12 N–H and O–H groups in total. The highest BCUT2D eigenvalue weighted by molar-refractivity contribution is 5.73. The molecule has 0 radical (unpaired) electrons. The second kappa shape index (κ2) is 16.8. The Bertz CT molecular complexity index is 1100. The molecule has 23 heteroatoms. The van der Waals surface area contributed by atoms with Gasteiger partial charge >= 0.3 is 5.97 Å². The summed E-state index contributed by atoms with van der Waals surface area (Å²) in [6.07, 6.45) is -35.0. The van der Waals surface area contributed by atoms with Crippen molar-refractivity contribution >= 4 is 5.97 Å². The van der Waals surface area contributed by atoms with Crippen LogP contribution in [-0.4, -0.2) is 230 Å². The molecule has 0 spiro atoms. The molecule has 5 saturated heterocycles. The van der Waals surface area contributed by atoms with Crippen molar-refractivity contribution in [2.24, 2.45) is 0 Å². The highest BCUT2D eigenvalue weighted by Gasteiger charge is 2.53. The summed E-state index contributed by atoms with van der Waals surface area (Å²) < 4.78 is 53.7. The molecule has 290 valence electrons. The number of aliphatic hydroxyl groups excluding tert-OH is 11. The van der Waals surface area contributed by atoms with Gasteiger partial charge in [0.05, 0.1) is 26.4 Å². The van der Waals surface area contributed by atoms with Crippen LogP contribution in [-0.2, 0) is 52.2 Å². The maximum Gasteiger partial charge on any atom is 0.335 e. The summed E-state index contributed by atoms with van der Waals surface area (Å²) in [5, 5.41) is 124. The lowest BCUT2D eigenvalue weighted by Crippen LogP contribution is -2.65. The molecule has 0 unspecified atom stereocenters. The van der Waals surface area contributed by atoms with Gasteiger partial charge in [0.1, 0.15) is 91.6 Å². The summed E-state index contributed by atoms with van der Waals surface area (Å²) in [5.74, 6) is -1.57. The van der Waals surface area contributed by atoms with E-state index in [4.69, 9.17) is 47.4 Å². The van der Waals surface area contributed by atoms with Crippen molar-refractivity contribution in [2.45, 2.75) is 129 Å². The molecule has 21 atom stereocenters. The van der Waals surface area contributed by atoms with Gasteiger partial charge in [0, 0.05) is 7.11 Å².